The molecule has 0 radical (unpaired) electrons. The Hall–Kier alpha value is -1.19. The minimum Gasteiger partial charge on any atom is -0.460 e. The minimum absolute atomic E-state index is 0.0497. The molecule has 0 fully saturated rings. The van der Waals surface area contributed by atoms with Crippen molar-refractivity contribution in [1.29, 1.82) is 0 Å². The first-order valence-electron chi connectivity index (χ1n) is 4.92. The number of allylic oxidation sites excluding steroid dienone is 3. The zero-order chi connectivity index (χ0) is 12.7. The van der Waals surface area contributed by atoms with Gasteiger partial charge in [0.05, 0.1) is 5.33 Å². The van der Waals surface area contributed by atoms with Gasteiger partial charge in [-0.15, -0.1) is 5.73 Å². The van der Waals surface area contributed by atoms with Crippen LogP contribution in [0.2, 0.25) is 0 Å². The summed E-state index contributed by atoms with van der Waals surface area (Å²) in [4.78, 5) is 11.1. The number of carbonyl (C=O) groups is 1. The van der Waals surface area contributed by atoms with Crippen LogP contribution in [0.15, 0.2) is 41.7 Å². The average molecular weight is 305 g/mol. The Morgan fingerprint density at radius 2 is 2.18 bits per heavy atom. The second-order valence-electron chi connectivity index (χ2n) is 3.41. The third kappa shape index (κ3) is 5.61. The van der Waals surface area contributed by atoms with Crippen LogP contribution < -0.4 is 0 Å². The molecular weight excluding hydrogens is 294 g/mol. The number of hydrogen-bond acceptors (Lipinski definition) is 2. The highest BCUT2D eigenvalue weighted by Gasteiger charge is 2.31. The lowest BCUT2D eigenvalue weighted by atomic mass is 10.2. The van der Waals surface area contributed by atoms with Crippen LogP contribution in [0.5, 0.6) is 0 Å². The third-order valence-corrected chi connectivity index (χ3v) is 2.69. The van der Waals surface area contributed by atoms with Crippen LogP contribution in [0.4, 0.5) is 8.78 Å². The molecule has 1 rings (SSSR count). The molecule has 5 heteroatoms. The highest BCUT2D eigenvalue weighted by molar-refractivity contribution is 9.09. The van der Waals surface area contributed by atoms with Crippen molar-refractivity contribution in [2.24, 2.45) is 0 Å². The molecule has 0 heterocycles. The SMILES string of the molecule is O=C(CC(F)(F)CBr)OCC1=C=CC=CC=C1. The standard InChI is InChI=1S/C12H11BrF2O2/c13-9-12(14,15)7-11(16)17-8-10-5-3-1-2-4-6-10/h1-5H,7-9H2. The molecule has 1 aliphatic carbocycles. The number of carbonyl (C=O) groups excluding carboxylic acids is 1. The Morgan fingerprint density at radius 1 is 1.41 bits per heavy atom. The van der Waals surface area contributed by atoms with E-state index in [9.17, 15) is 13.6 Å². The van der Waals surface area contributed by atoms with Gasteiger partial charge in [-0.25, -0.2) is 8.78 Å². The van der Waals surface area contributed by atoms with E-state index < -0.39 is 23.6 Å². The summed E-state index contributed by atoms with van der Waals surface area (Å²) in [5, 5.41) is -0.554. The van der Waals surface area contributed by atoms with Crippen LogP contribution >= 0.6 is 15.9 Å². The summed E-state index contributed by atoms with van der Waals surface area (Å²) in [7, 11) is 0. The molecule has 0 unspecified atom stereocenters. The molecule has 0 aromatic rings. The van der Waals surface area contributed by atoms with Crippen LogP contribution in [0.1, 0.15) is 6.42 Å². The topological polar surface area (TPSA) is 26.3 Å². The van der Waals surface area contributed by atoms with Crippen molar-refractivity contribution in [3.63, 3.8) is 0 Å². The van der Waals surface area contributed by atoms with Gasteiger partial charge in [-0.1, -0.05) is 34.2 Å². The molecule has 0 N–H and O–H groups in total. The molecule has 0 amide bonds. The van der Waals surface area contributed by atoms with E-state index in [-0.39, 0.29) is 6.61 Å². The van der Waals surface area contributed by atoms with Crippen LogP contribution in [0.25, 0.3) is 0 Å². The molecule has 0 aliphatic heterocycles. The fraction of sp³-hybridized carbons (Fsp3) is 0.333. The van der Waals surface area contributed by atoms with Gasteiger partial charge in [0.2, 0.25) is 0 Å². The van der Waals surface area contributed by atoms with E-state index in [1.165, 1.54) is 0 Å². The first-order valence-corrected chi connectivity index (χ1v) is 6.04. The molecule has 17 heavy (non-hydrogen) atoms. The van der Waals surface area contributed by atoms with Crippen molar-refractivity contribution >= 4 is 21.9 Å². The molecule has 2 nitrogen and oxygen atoms in total. The van der Waals surface area contributed by atoms with Crippen LogP contribution in [0.3, 0.4) is 0 Å². The zero-order valence-electron chi connectivity index (χ0n) is 8.96. The number of esters is 1. The quantitative estimate of drug-likeness (QED) is 0.443. The van der Waals surface area contributed by atoms with Crippen molar-refractivity contribution in [3.05, 3.63) is 41.7 Å². The summed E-state index contributed by atoms with van der Waals surface area (Å²) in [6.07, 6.45) is 7.77. The molecule has 0 aromatic carbocycles. The lowest BCUT2D eigenvalue weighted by Gasteiger charge is -2.11. The first-order chi connectivity index (χ1) is 8.03. The van der Waals surface area contributed by atoms with Crippen LogP contribution in [0, 0.1) is 0 Å². The van der Waals surface area contributed by atoms with E-state index in [1.807, 2.05) is 0 Å². The second kappa shape index (κ2) is 6.52. The first kappa shape index (κ1) is 13.9. The number of hydrogen-bond donors (Lipinski definition) is 0. The molecule has 0 bridgehead atoms. The molecular formula is C12H11BrF2O2. The molecule has 0 aromatic heterocycles. The Bertz CT molecular complexity index is 405. The summed E-state index contributed by atoms with van der Waals surface area (Å²) >= 11 is 2.64. The predicted octanol–water partition coefficient (Wildman–Crippen LogP) is 3.16. The van der Waals surface area contributed by atoms with Gasteiger partial charge < -0.3 is 4.74 Å². The van der Waals surface area contributed by atoms with Crippen molar-refractivity contribution < 1.29 is 18.3 Å². The van der Waals surface area contributed by atoms with Gasteiger partial charge in [-0.3, -0.25) is 4.79 Å². The maximum absolute atomic E-state index is 12.8. The van der Waals surface area contributed by atoms with Gasteiger partial charge in [0.1, 0.15) is 13.0 Å². The fourth-order valence-electron chi connectivity index (χ4n) is 1.05. The summed E-state index contributed by atoms with van der Waals surface area (Å²) in [6, 6.07) is 0. The van der Waals surface area contributed by atoms with Crippen molar-refractivity contribution in [2.75, 3.05) is 11.9 Å². The number of alkyl halides is 3. The molecule has 0 atom stereocenters. The van der Waals surface area contributed by atoms with Gasteiger partial charge in [0.25, 0.3) is 5.92 Å². The molecule has 0 saturated heterocycles. The fourth-order valence-corrected chi connectivity index (χ4v) is 1.25. The van der Waals surface area contributed by atoms with E-state index in [0.717, 1.165) is 0 Å². The number of halogens is 3. The lowest BCUT2D eigenvalue weighted by Crippen LogP contribution is -2.24. The minimum atomic E-state index is -3.07. The van der Waals surface area contributed by atoms with Gasteiger partial charge in [0, 0.05) is 5.57 Å². The number of rotatable bonds is 5. The van der Waals surface area contributed by atoms with E-state index >= 15 is 0 Å². The lowest BCUT2D eigenvalue weighted by molar-refractivity contribution is -0.149. The van der Waals surface area contributed by atoms with Crippen LogP contribution in [-0.2, 0) is 9.53 Å². The molecule has 0 spiro atoms. The Morgan fingerprint density at radius 3 is 2.88 bits per heavy atom. The molecule has 0 saturated carbocycles. The smallest absolute Gasteiger partial charge is 0.312 e. The van der Waals surface area contributed by atoms with Gasteiger partial charge in [0.15, 0.2) is 0 Å². The highest BCUT2D eigenvalue weighted by atomic mass is 79.9. The maximum atomic E-state index is 12.8. The highest BCUT2D eigenvalue weighted by Crippen LogP contribution is 2.21. The van der Waals surface area contributed by atoms with E-state index in [0.29, 0.717) is 5.57 Å². The van der Waals surface area contributed by atoms with E-state index in [4.69, 9.17) is 4.74 Å². The van der Waals surface area contributed by atoms with Crippen molar-refractivity contribution in [2.45, 2.75) is 12.3 Å². The summed E-state index contributed by atoms with van der Waals surface area (Å²) < 4.78 is 30.4. The molecule has 92 valence electrons. The second-order valence-corrected chi connectivity index (χ2v) is 3.97. The molecule has 1 aliphatic rings. The summed E-state index contributed by atoms with van der Waals surface area (Å²) in [5.41, 5.74) is 3.49. The third-order valence-electron chi connectivity index (χ3n) is 1.87. The normalized spacial score (nSPS) is 14.4. The van der Waals surface area contributed by atoms with Gasteiger partial charge in [-0.2, -0.15) is 0 Å². The van der Waals surface area contributed by atoms with Crippen LogP contribution in [-0.4, -0.2) is 23.8 Å². The Balaban J connectivity index is 2.41. The van der Waals surface area contributed by atoms with Crippen molar-refractivity contribution in [1.82, 2.24) is 0 Å². The summed E-state index contributed by atoms with van der Waals surface area (Å²) in [6.45, 7) is -0.0497. The summed E-state index contributed by atoms with van der Waals surface area (Å²) in [5.74, 6) is -3.99. The van der Waals surface area contributed by atoms with E-state index in [1.54, 1.807) is 30.4 Å². The number of ether oxygens (including phenoxy) is 1. The zero-order valence-corrected chi connectivity index (χ0v) is 10.5. The Kier molecular flexibility index (Phi) is 5.32. The predicted molar refractivity (Wildman–Crippen MR) is 64.2 cm³/mol. The van der Waals surface area contributed by atoms with Gasteiger partial charge >= 0.3 is 5.97 Å². The Labute approximate surface area is 106 Å². The average Bonchev–Trinajstić information content (AvgIpc) is 2.54. The van der Waals surface area contributed by atoms with Gasteiger partial charge in [-0.05, 0) is 12.2 Å². The monoisotopic (exact) mass is 304 g/mol. The maximum Gasteiger partial charge on any atom is 0.312 e. The largest absolute Gasteiger partial charge is 0.460 e. The van der Waals surface area contributed by atoms with E-state index in [2.05, 4.69) is 21.7 Å². The van der Waals surface area contributed by atoms with Crippen molar-refractivity contribution in [3.8, 4) is 0 Å².